The van der Waals surface area contributed by atoms with Gasteiger partial charge in [0.2, 0.25) is 0 Å². The van der Waals surface area contributed by atoms with Crippen molar-refractivity contribution in [3.63, 3.8) is 0 Å². The minimum atomic E-state index is -0.0192. The Morgan fingerprint density at radius 3 is 0.667 bits per heavy atom. The van der Waals surface area contributed by atoms with Crippen LogP contribution in [0.3, 0.4) is 0 Å². The summed E-state index contributed by atoms with van der Waals surface area (Å²) in [4.78, 5) is 0. The first-order chi connectivity index (χ1) is 35.7. The van der Waals surface area contributed by atoms with Crippen molar-refractivity contribution in [2.75, 3.05) is 0 Å². The summed E-state index contributed by atoms with van der Waals surface area (Å²) in [6.45, 7) is 0. The van der Waals surface area contributed by atoms with Crippen molar-refractivity contribution in [1.29, 1.82) is 0 Å². The van der Waals surface area contributed by atoms with E-state index < -0.39 is 0 Å². The van der Waals surface area contributed by atoms with E-state index >= 15 is 0 Å². The molecule has 4 aromatic heterocycles. The average Bonchev–Trinajstić information content (AvgIpc) is 4.24. The maximum absolute atomic E-state index is 7.19. The van der Waals surface area contributed by atoms with Crippen molar-refractivity contribution >= 4 is 87.0 Å². The smallest absolute Gasteiger partial charge is 0.134 e. The van der Waals surface area contributed by atoms with Gasteiger partial charge in [-0.3, -0.25) is 0 Å². The van der Waals surface area contributed by atoms with Crippen LogP contribution in [0.25, 0.3) is 87.0 Å². The Balaban J connectivity index is 0.922. The number of hydrogen-bond acceptors (Lipinski definition) is 4. The Bertz CT molecular complexity index is 3980. The van der Waals surface area contributed by atoms with Gasteiger partial charge in [-0.1, -0.05) is 170 Å². The van der Waals surface area contributed by atoms with E-state index in [4.69, 9.17) is 17.7 Å². The number of benzene rings is 10. The number of fused-ring (bicyclic) bond motifs is 20. The normalized spacial score (nSPS) is 22.4. The molecule has 0 bridgehead atoms. The van der Waals surface area contributed by atoms with E-state index in [9.17, 15) is 0 Å². The molecule has 14 aromatic rings. The fraction of sp³-hybridized carbons (Fsp3) is 0.118. The molecule has 2 fully saturated rings. The molecule has 72 heavy (non-hydrogen) atoms. The molecule has 4 nitrogen and oxygen atoms in total. The summed E-state index contributed by atoms with van der Waals surface area (Å²) in [7, 11) is 0. The highest BCUT2D eigenvalue weighted by Gasteiger charge is 2.63. The molecule has 340 valence electrons. The van der Waals surface area contributed by atoms with E-state index in [1.54, 1.807) is 0 Å². The van der Waals surface area contributed by atoms with Crippen LogP contribution in [-0.2, 0) is 0 Å². The largest absolute Gasteiger partial charge is 0.461 e. The van der Waals surface area contributed by atoms with Crippen molar-refractivity contribution in [2.24, 2.45) is 0 Å². The first-order valence-corrected chi connectivity index (χ1v) is 25.5. The highest BCUT2D eigenvalue weighted by Crippen LogP contribution is 2.75. The van der Waals surface area contributed by atoms with Gasteiger partial charge < -0.3 is 17.7 Å². The van der Waals surface area contributed by atoms with E-state index in [1.807, 2.05) is 0 Å². The van der Waals surface area contributed by atoms with Gasteiger partial charge in [-0.05, 0) is 114 Å². The van der Waals surface area contributed by atoms with Gasteiger partial charge in [0.05, 0.1) is 0 Å². The second kappa shape index (κ2) is 14.5. The van der Waals surface area contributed by atoms with Crippen LogP contribution in [0.1, 0.15) is 92.6 Å². The molecule has 8 atom stereocenters. The summed E-state index contributed by atoms with van der Waals surface area (Å²) >= 11 is 0. The highest BCUT2D eigenvalue weighted by atomic mass is 16.4. The van der Waals surface area contributed by atoms with Gasteiger partial charge in [-0.2, -0.15) is 0 Å². The van der Waals surface area contributed by atoms with Crippen LogP contribution in [-0.4, -0.2) is 0 Å². The maximum Gasteiger partial charge on any atom is 0.134 e. The quantitative estimate of drug-likeness (QED) is 0.176. The molecular weight excluding hydrogens is 881 g/mol. The zero-order valence-corrected chi connectivity index (χ0v) is 39.0. The Labute approximate surface area is 413 Å². The summed E-state index contributed by atoms with van der Waals surface area (Å²) in [5.41, 5.74) is 9.17. The lowest BCUT2D eigenvalue weighted by Gasteiger charge is -2.58. The molecule has 0 amide bonds. The molecule has 0 N–H and O–H groups in total. The monoisotopic (exact) mass is 924 g/mol. The van der Waals surface area contributed by atoms with Gasteiger partial charge in [-0.25, -0.2) is 0 Å². The third-order valence-electron chi connectivity index (χ3n) is 17.6. The molecule has 0 radical (unpaired) electrons. The average molecular weight is 925 g/mol. The van der Waals surface area contributed by atoms with Crippen LogP contribution in [0.5, 0.6) is 0 Å². The molecule has 0 aliphatic heterocycles. The Kier molecular flexibility index (Phi) is 7.88. The molecule has 4 heteroatoms. The second-order valence-corrected chi connectivity index (χ2v) is 20.9. The van der Waals surface area contributed by atoms with Crippen molar-refractivity contribution in [1.82, 2.24) is 0 Å². The van der Waals surface area contributed by atoms with Crippen LogP contribution >= 0.6 is 0 Å². The van der Waals surface area contributed by atoms with Gasteiger partial charge in [0, 0.05) is 68.9 Å². The summed E-state index contributed by atoms with van der Waals surface area (Å²) in [6.07, 6.45) is 0. The summed E-state index contributed by atoms with van der Waals surface area (Å²) in [5, 5.41) is 14.3. The van der Waals surface area contributed by atoms with E-state index in [-0.39, 0.29) is 47.3 Å². The molecule has 0 saturated heterocycles. The lowest BCUT2D eigenvalue weighted by molar-refractivity contribution is 0.149. The zero-order valence-electron chi connectivity index (χ0n) is 39.0. The van der Waals surface area contributed by atoms with Gasteiger partial charge in [-0.15, -0.1) is 0 Å². The summed E-state index contributed by atoms with van der Waals surface area (Å²) in [5.74, 6) is 4.28. The van der Waals surface area contributed by atoms with Crippen LogP contribution in [0, 0.1) is 0 Å². The standard InChI is InChI=1S/C68H44O4/c1-5-17-41-37(13-1)25-29-53-49(41)33-57(69-53)65-61-45-21-9-10-22-46(45)63-64(48-24-12-11-23-47(48)62(61)66(65)58-34-50-42-18-6-2-14-38(42)26-30-54(50)70-58)68(60-36-52-44-20-8-4-16-40(44)28-32-56(52)72-60)67(63)59-35-51-43-19-7-3-15-39(43)27-31-55(51)71-59/h1-36,61-68H/t61-,62+,63+,64-,65+,66-,67-,68+. The summed E-state index contributed by atoms with van der Waals surface area (Å²) < 4.78 is 28.7. The first kappa shape index (κ1) is 39.2. The highest BCUT2D eigenvalue weighted by molar-refractivity contribution is 6.09. The van der Waals surface area contributed by atoms with Crippen LogP contribution in [0.2, 0.25) is 0 Å². The van der Waals surface area contributed by atoms with Crippen LogP contribution in [0.4, 0.5) is 0 Å². The molecule has 3 aliphatic carbocycles. The molecule has 0 spiro atoms. The van der Waals surface area contributed by atoms with Gasteiger partial charge in [0.25, 0.3) is 0 Å². The van der Waals surface area contributed by atoms with E-state index in [1.165, 1.54) is 65.3 Å². The molecule has 0 unspecified atom stereocenters. The zero-order chi connectivity index (χ0) is 46.8. The van der Waals surface area contributed by atoms with Gasteiger partial charge >= 0.3 is 0 Å². The third-order valence-corrected chi connectivity index (χ3v) is 17.6. The number of hydrogen-bond donors (Lipinski definition) is 0. The fourth-order valence-electron chi connectivity index (χ4n) is 14.6. The van der Waals surface area contributed by atoms with Crippen molar-refractivity contribution in [2.45, 2.75) is 47.3 Å². The third kappa shape index (κ3) is 5.31. The topological polar surface area (TPSA) is 52.6 Å². The second-order valence-electron chi connectivity index (χ2n) is 20.9. The van der Waals surface area contributed by atoms with Crippen molar-refractivity contribution in [3.05, 3.63) is 264 Å². The van der Waals surface area contributed by atoms with Gasteiger partial charge in [0.1, 0.15) is 45.4 Å². The molecule has 10 aromatic carbocycles. The predicted octanol–water partition coefficient (Wildman–Crippen LogP) is 18.5. The minimum Gasteiger partial charge on any atom is -0.461 e. The molecule has 17 rings (SSSR count). The SMILES string of the molecule is c1ccc2c(c1)[C@@H]1[C@@H](c3cc4c(ccc5ccccc54)o3)[C@@H](c3cc4c(ccc5ccccc54)o3)[C@@H]1c1ccccc1[C@@H]1[C@@H](c3cc4c(ccc5ccccc54)o3)[C@@H](c3cc4c(ccc5ccccc54)o3)[C@H]21. The van der Waals surface area contributed by atoms with E-state index in [0.29, 0.717) is 0 Å². The maximum atomic E-state index is 7.19. The van der Waals surface area contributed by atoms with Crippen molar-refractivity contribution in [3.8, 4) is 0 Å². The molecule has 2 saturated carbocycles. The number of rotatable bonds is 4. The molecule has 3 aliphatic rings. The Hall–Kier alpha value is -8.60. The Morgan fingerprint density at radius 1 is 0.194 bits per heavy atom. The van der Waals surface area contributed by atoms with E-state index in [2.05, 4.69) is 218 Å². The van der Waals surface area contributed by atoms with Gasteiger partial charge in [0.15, 0.2) is 0 Å². The van der Waals surface area contributed by atoms with Crippen LogP contribution < -0.4 is 0 Å². The molecule has 4 heterocycles. The van der Waals surface area contributed by atoms with Crippen LogP contribution in [0.15, 0.2) is 236 Å². The minimum absolute atomic E-state index is 0.0192. The summed E-state index contributed by atoms with van der Waals surface area (Å²) in [6, 6.07) is 80.2. The van der Waals surface area contributed by atoms with Crippen molar-refractivity contribution < 1.29 is 17.7 Å². The van der Waals surface area contributed by atoms with E-state index in [0.717, 1.165) is 66.9 Å². The lowest BCUT2D eigenvalue weighted by Crippen LogP contribution is -2.46. The lowest BCUT2D eigenvalue weighted by atomic mass is 9.43. The Morgan fingerprint density at radius 2 is 0.417 bits per heavy atom. The first-order valence-electron chi connectivity index (χ1n) is 25.5. The fourth-order valence-corrected chi connectivity index (χ4v) is 14.6. The predicted molar refractivity (Wildman–Crippen MR) is 290 cm³/mol. The molecular formula is C68H44O4. The number of furan rings is 4.